The van der Waals surface area contributed by atoms with E-state index in [9.17, 15) is 23.2 Å². The highest BCUT2D eigenvalue weighted by Crippen LogP contribution is 2.23. The zero-order valence-electron chi connectivity index (χ0n) is 14.6. The van der Waals surface area contributed by atoms with Crippen molar-refractivity contribution in [3.8, 4) is 5.75 Å². The Kier molecular flexibility index (Phi) is 6.59. The topological polar surface area (TPSA) is 81.7 Å². The van der Waals surface area contributed by atoms with Crippen molar-refractivity contribution in [1.82, 2.24) is 0 Å². The first kappa shape index (κ1) is 20.0. The van der Waals surface area contributed by atoms with Crippen molar-refractivity contribution >= 4 is 23.3 Å². The normalized spacial score (nSPS) is 10.4. The Morgan fingerprint density at radius 3 is 2.52 bits per heavy atom. The number of benzene rings is 2. The summed E-state index contributed by atoms with van der Waals surface area (Å²) >= 11 is 0. The lowest BCUT2D eigenvalue weighted by atomic mass is 10.1. The molecule has 27 heavy (non-hydrogen) atoms. The molecule has 0 spiro atoms. The maximum atomic E-state index is 12.5. The van der Waals surface area contributed by atoms with E-state index in [-0.39, 0.29) is 22.8 Å². The zero-order chi connectivity index (χ0) is 20.0. The molecule has 2 aromatic carbocycles. The van der Waals surface area contributed by atoms with Gasteiger partial charge in [-0.3, -0.25) is 9.59 Å². The van der Waals surface area contributed by atoms with Gasteiger partial charge in [0.05, 0.1) is 11.1 Å². The molecule has 0 aliphatic rings. The lowest BCUT2D eigenvalue weighted by molar-refractivity contribution is -0.114. The Balaban J connectivity index is 2.08. The zero-order valence-corrected chi connectivity index (χ0v) is 14.6. The van der Waals surface area contributed by atoms with E-state index in [4.69, 9.17) is 4.74 Å². The molecule has 0 bridgehead atoms. The van der Waals surface area contributed by atoms with E-state index in [0.29, 0.717) is 11.3 Å². The number of carbonyl (C=O) groups excluding carboxylic acids is 3. The Labute approximate surface area is 154 Å². The fourth-order valence-electron chi connectivity index (χ4n) is 2.28. The van der Waals surface area contributed by atoms with E-state index in [1.54, 1.807) is 19.1 Å². The molecule has 0 atom stereocenters. The number of ether oxygens (including phenoxy) is 2. The van der Waals surface area contributed by atoms with Crippen LogP contribution in [0.1, 0.15) is 33.2 Å². The molecular formula is C19H17F2NO5. The Morgan fingerprint density at radius 2 is 1.85 bits per heavy atom. The number of hydrogen-bond donors (Lipinski definition) is 1. The predicted octanol–water partition coefficient (Wildman–Crippen LogP) is 3.59. The molecule has 2 aromatic rings. The van der Waals surface area contributed by atoms with Crippen LogP contribution < -0.4 is 10.1 Å². The number of aryl methyl sites for hydroxylation is 1. The average Bonchev–Trinajstić information content (AvgIpc) is 2.60. The van der Waals surface area contributed by atoms with Crippen LogP contribution in [0.25, 0.3) is 0 Å². The first-order chi connectivity index (χ1) is 12.8. The third-order valence-corrected chi connectivity index (χ3v) is 3.40. The molecule has 0 saturated heterocycles. The van der Waals surface area contributed by atoms with Crippen molar-refractivity contribution in [2.24, 2.45) is 0 Å². The highest BCUT2D eigenvalue weighted by molar-refractivity contribution is 6.01. The molecule has 6 nitrogen and oxygen atoms in total. The van der Waals surface area contributed by atoms with Crippen molar-refractivity contribution in [2.45, 2.75) is 20.5 Å². The van der Waals surface area contributed by atoms with Gasteiger partial charge in [-0.05, 0) is 37.3 Å². The van der Waals surface area contributed by atoms with Gasteiger partial charge in [-0.25, -0.2) is 4.79 Å². The summed E-state index contributed by atoms with van der Waals surface area (Å²) in [5, 5.41) is 2.52. The van der Waals surface area contributed by atoms with Crippen molar-refractivity contribution in [3.63, 3.8) is 0 Å². The molecule has 142 valence electrons. The van der Waals surface area contributed by atoms with E-state index in [1.807, 2.05) is 0 Å². The standard InChI is InChI=1S/C19H17F2NO5/c1-11-6-7-17(27-19(20)21)15(8-11)16(24)10-26-18(25)13-4-3-5-14(9-13)22-12(2)23/h3-9,19H,10H2,1-2H3,(H,22,23). The predicted molar refractivity (Wildman–Crippen MR) is 93.2 cm³/mol. The van der Waals surface area contributed by atoms with Gasteiger partial charge in [0.15, 0.2) is 6.61 Å². The number of esters is 1. The molecule has 0 unspecified atom stereocenters. The molecule has 2 rings (SSSR count). The van der Waals surface area contributed by atoms with Gasteiger partial charge in [0.1, 0.15) is 5.75 Å². The number of Topliss-reactive ketones (excluding diaryl/α,β-unsaturated/α-hetero) is 1. The molecule has 0 radical (unpaired) electrons. The number of anilines is 1. The largest absolute Gasteiger partial charge is 0.454 e. The van der Waals surface area contributed by atoms with E-state index in [2.05, 4.69) is 10.1 Å². The molecule has 1 amide bonds. The third kappa shape index (κ3) is 5.88. The SMILES string of the molecule is CC(=O)Nc1cccc(C(=O)OCC(=O)c2cc(C)ccc2OC(F)F)c1. The number of alkyl halides is 2. The van der Waals surface area contributed by atoms with Crippen LogP contribution in [0.3, 0.4) is 0 Å². The summed E-state index contributed by atoms with van der Waals surface area (Å²) in [5.41, 5.74) is 1.08. The van der Waals surface area contributed by atoms with E-state index >= 15 is 0 Å². The van der Waals surface area contributed by atoms with Gasteiger partial charge in [0, 0.05) is 12.6 Å². The van der Waals surface area contributed by atoms with Crippen LogP contribution >= 0.6 is 0 Å². The van der Waals surface area contributed by atoms with Crippen LogP contribution in [-0.2, 0) is 9.53 Å². The first-order valence-electron chi connectivity index (χ1n) is 7.89. The van der Waals surface area contributed by atoms with Crippen molar-refractivity contribution < 1.29 is 32.6 Å². The summed E-state index contributed by atoms with van der Waals surface area (Å²) in [5.74, 6) is -2.06. The summed E-state index contributed by atoms with van der Waals surface area (Å²) < 4.78 is 34.2. The fraction of sp³-hybridized carbons (Fsp3) is 0.211. The number of ketones is 1. The fourth-order valence-corrected chi connectivity index (χ4v) is 2.28. The average molecular weight is 377 g/mol. The van der Waals surface area contributed by atoms with Crippen molar-refractivity contribution in [1.29, 1.82) is 0 Å². The quantitative estimate of drug-likeness (QED) is 0.589. The van der Waals surface area contributed by atoms with Gasteiger partial charge >= 0.3 is 12.6 Å². The highest BCUT2D eigenvalue weighted by atomic mass is 19.3. The van der Waals surface area contributed by atoms with Crippen LogP contribution in [-0.4, -0.2) is 30.9 Å². The maximum Gasteiger partial charge on any atom is 0.387 e. The Bertz CT molecular complexity index is 867. The van der Waals surface area contributed by atoms with Crippen LogP contribution in [0.5, 0.6) is 5.75 Å². The summed E-state index contributed by atoms with van der Waals surface area (Å²) in [4.78, 5) is 35.5. The summed E-state index contributed by atoms with van der Waals surface area (Å²) in [6.45, 7) is -0.724. The second kappa shape index (κ2) is 8.88. The molecule has 0 aliphatic heterocycles. The van der Waals surface area contributed by atoms with Gasteiger partial charge in [-0.2, -0.15) is 8.78 Å². The Morgan fingerprint density at radius 1 is 1.11 bits per heavy atom. The minimum atomic E-state index is -3.08. The molecule has 0 fully saturated rings. The molecule has 0 aromatic heterocycles. The first-order valence-corrected chi connectivity index (χ1v) is 7.89. The van der Waals surface area contributed by atoms with Crippen LogP contribution in [0, 0.1) is 6.92 Å². The molecule has 0 saturated carbocycles. The van der Waals surface area contributed by atoms with Gasteiger partial charge < -0.3 is 14.8 Å². The molecule has 0 heterocycles. The van der Waals surface area contributed by atoms with Crippen molar-refractivity contribution in [3.05, 3.63) is 59.2 Å². The summed E-state index contributed by atoms with van der Waals surface area (Å²) in [7, 11) is 0. The van der Waals surface area contributed by atoms with Crippen LogP contribution in [0.15, 0.2) is 42.5 Å². The number of halogens is 2. The van der Waals surface area contributed by atoms with Gasteiger partial charge in [-0.1, -0.05) is 17.7 Å². The number of rotatable bonds is 7. The second-order valence-electron chi connectivity index (χ2n) is 5.64. The molecular weight excluding hydrogens is 360 g/mol. The number of amides is 1. The maximum absolute atomic E-state index is 12.5. The number of carbonyl (C=O) groups is 3. The number of hydrogen-bond acceptors (Lipinski definition) is 5. The lowest BCUT2D eigenvalue weighted by Crippen LogP contribution is -2.16. The van der Waals surface area contributed by atoms with E-state index in [1.165, 1.54) is 37.3 Å². The molecule has 1 N–H and O–H groups in total. The second-order valence-corrected chi connectivity index (χ2v) is 5.64. The van der Waals surface area contributed by atoms with Gasteiger partial charge in [0.25, 0.3) is 0 Å². The minimum Gasteiger partial charge on any atom is -0.454 e. The van der Waals surface area contributed by atoms with Crippen LogP contribution in [0.2, 0.25) is 0 Å². The smallest absolute Gasteiger partial charge is 0.387 e. The minimum absolute atomic E-state index is 0.102. The number of nitrogens with one attached hydrogen (secondary N) is 1. The summed E-state index contributed by atoms with van der Waals surface area (Å²) in [6.07, 6.45) is 0. The van der Waals surface area contributed by atoms with Crippen molar-refractivity contribution in [2.75, 3.05) is 11.9 Å². The Hall–Kier alpha value is -3.29. The molecule has 0 aliphatic carbocycles. The van der Waals surface area contributed by atoms with E-state index in [0.717, 1.165) is 0 Å². The third-order valence-electron chi connectivity index (χ3n) is 3.40. The summed E-state index contributed by atoms with van der Waals surface area (Å²) in [6, 6.07) is 10.1. The van der Waals surface area contributed by atoms with Gasteiger partial charge in [0.2, 0.25) is 11.7 Å². The molecule has 8 heteroatoms. The van der Waals surface area contributed by atoms with Gasteiger partial charge in [-0.15, -0.1) is 0 Å². The monoisotopic (exact) mass is 377 g/mol. The lowest BCUT2D eigenvalue weighted by Gasteiger charge is -2.11. The highest BCUT2D eigenvalue weighted by Gasteiger charge is 2.18. The van der Waals surface area contributed by atoms with E-state index < -0.39 is 25.0 Å². The van der Waals surface area contributed by atoms with Crippen LogP contribution in [0.4, 0.5) is 14.5 Å².